The SMILES string of the molecule is CC(C)C1CC2(CC3CC32)CN1C(C)C. The topological polar surface area (TPSA) is 3.24 Å². The quantitative estimate of drug-likeness (QED) is 0.672. The molecule has 4 unspecified atom stereocenters. The van der Waals surface area contributed by atoms with Crippen LogP contribution in [-0.2, 0) is 0 Å². The summed E-state index contributed by atoms with van der Waals surface area (Å²) in [5.41, 5.74) is 0.782. The van der Waals surface area contributed by atoms with E-state index >= 15 is 0 Å². The number of fused-ring (bicyclic) bond motifs is 2. The van der Waals surface area contributed by atoms with Crippen LogP contribution in [0.2, 0.25) is 0 Å². The molecule has 0 aromatic rings. The van der Waals surface area contributed by atoms with Crippen molar-refractivity contribution >= 4 is 0 Å². The normalized spacial score (nSPS) is 48.8. The molecule has 1 spiro atoms. The molecule has 1 saturated heterocycles. The lowest BCUT2D eigenvalue weighted by Gasteiger charge is -2.38. The van der Waals surface area contributed by atoms with Crippen molar-refractivity contribution in [3.8, 4) is 0 Å². The summed E-state index contributed by atoms with van der Waals surface area (Å²) in [7, 11) is 0. The van der Waals surface area contributed by atoms with Gasteiger partial charge in [0.05, 0.1) is 0 Å². The van der Waals surface area contributed by atoms with Gasteiger partial charge < -0.3 is 0 Å². The Morgan fingerprint density at radius 3 is 2.20 bits per heavy atom. The van der Waals surface area contributed by atoms with E-state index in [9.17, 15) is 0 Å². The Bertz CT molecular complexity index is 253. The smallest absolute Gasteiger partial charge is 0.0127 e. The molecule has 2 saturated carbocycles. The Labute approximate surface area is 94.2 Å². The second-order valence-electron chi connectivity index (χ2n) is 6.95. The Morgan fingerprint density at radius 1 is 1.13 bits per heavy atom. The van der Waals surface area contributed by atoms with Crippen molar-refractivity contribution in [2.24, 2.45) is 23.2 Å². The second-order valence-corrected chi connectivity index (χ2v) is 6.95. The van der Waals surface area contributed by atoms with Crippen molar-refractivity contribution in [3.63, 3.8) is 0 Å². The summed E-state index contributed by atoms with van der Waals surface area (Å²) in [4.78, 5) is 2.79. The second kappa shape index (κ2) is 3.00. The van der Waals surface area contributed by atoms with E-state index in [1.165, 1.54) is 13.0 Å². The molecule has 1 aliphatic heterocycles. The number of likely N-dealkylation sites (tertiary alicyclic amines) is 1. The third-order valence-corrected chi connectivity index (χ3v) is 5.35. The van der Waals surface area contributed by atoms with E-state index in [2.05, 4.69) is 32.6 Å². The summed E-state index contributed by atoms with van der Waals surface area (Å²) >= 11 is 0. The average Bonchev–Trinajstić information content (AvgIpc) is 2.68. The van der Waals surface area contributed by atoms with E-state index in [1.807, 2.05) is 0 Å². The van der Waals surface area contributed by atoms with Gasteiger partial charge in [-0.05, 0) is 56.3 Å². The lowest BCUT2D eigenvalue weighted by Crippen LogP contribution is -2.40. The first-order chi connectivity index (χ1) is 7.03. The van der Waals surface area contributed by atoms with Crippen LogP contribution in [0.3, 0.4) is 0 Å². The van der Waals surface area contributed by atoms with Gasteiger partial charge in [0.15, 0.2) is 0 Å². The minimum absolute atomic E-state index is 0.745. The number of nitrogens with zero attached hydrogens (tertiary/aromatic N) is 1. The van der Waals surface area contributed by atoms with E-state index in [4.69, 9.17) is 0 Å². The monoisotopic (exact) mass is 207 g/mol. The maximum atomic E-state index is 2.79. The summed E-state index contributed by atoms with van der Waals surface area (Å²) < 4.78 is 0. The molecule has 0 amide bonds. The molecule has 15 heavy (non-hydrogen) atoms. The van der Waals surface area contributed by atoms with Crippen LogP contribution in [0.1, 0.15) is 47.0 Å². The van der Waals surface area contributed by atoms with Crippen molar-refractivity contribution in [2.75, 3.05) is 6.54 Å². The highest BCUT2D eigenvalue weighted by Crippen LogP contribution is 2.71. The molecule has 4 atom stereocenters. The standard InChI is InChI=1S/C14H25N/c1-9(2)13-7-14(6-11-5-12(11)14)8-15(13)10(3)4/h9-13H,5-8H2,1-4H3. The van der Waals surface area contributed by atoms with Crippen LogP contribution in [0.25, 0.3) is 0 Å². The zero-order chi connectivity index (χ0) is 10.8. The fraction of sp³-hybridized carbons (Fsp3) is 1.00. The van der Waals surface area contributed by atoms with Gasteiger partial charge in [-0.2, -0.15) is 0 Å². The molecule has 3 fully saturated rings. The van der Waals surface area contributed by atoms with Gasteiger partial charge in [0.2, 0.25) is 0 Å². The van der Waals surface area contributed by atoms with Gasteiger partial charge in [-0.15, -0.1) is 0 Å². The highest BCUT2D eigenvalue weighted by molar-refractivity contribution is 5.17. The molecule has 86 valence electrons. The maximum absolute atomic E-state index is 2.79. The highest BCUT2D eigenvalue weighted by atomic mass is 15.2. The van der Waals surface area contributed by atoms with Crippen LogP contribution < -0.4 is 0 Å². The Morgan fingerprint density at radius 2 is 1.87 bits per heavy atom. The maximum Gasteiger partial charge on any atom is 0.0127 e. The first-order valence-corrected chi connectivity index (χ1v) is 6.79. The summed E-state index contributed by atoms with van der Waals surface area (Å²) in [5.74, 6) is 3.14. The minimum Gasteiger partial charge on any atom is -0.297 e. The molecule has 1 heterocycles. The Kier molecular flexibility index (Phi) is 2.03. The van der Waals surface area contributed by atoms with Crippen molar-refractivity contribution in [1.82, 2.24) is 4.90 Å². The third kappa shape index (κ3) is 1.32. The molecule has 0 radical (unpaired) electrons. The predicted octanol–water partition coefficient (Wildman–Crippen LogP) is 3.15. The molecule has 2 aliphatic carbocycles. The lowest BCUT2D eigenvalue weighted by atomic mass is 9.67. The average molecular weight is 207 g/mol. The van der Waals surface area contributed by atoms with Gasteiger partial charge >= 0.3 is 0 Å². The highest BCUT2D eigenvalue weighted by Gasteiger charge is 2.66. The molecule has 1 nitrogen and oxygen atoms in total. The van der Waals surface area contributed by atoms with E-state index < -0.39 is 0 Å². The molecular weight excluding hydrogens is 182 g/mol. The zero-order valence-corrected chi connectivity index (χ0v) is 10.7. The first-order valence-electron chi connectivity index (χ1n) is 6.79. The zero-order valence-electron chi connectivity index (χ0n) is 10.7. The van der Waals surface area contributed by atoms with Crippen LogP contribution in [0, 0.1) is 23.2 Å². The van der Waals surface area contributed by atoms with Crippen LogP contribution >= 0.6 is 0 Å². The summed E-state index contributed by atoms with van der Waals surface area (Å²) in [5, 5.41) is 0. The summed E-state index contributed by atoms with van der Waals surface area (Å²) in [6.45, 7) is 11.0. The van der Waals surface area contributed by atoms with Crippen molar-refractivity contribution in [2.45, 2.75) is 59.0 Å². The number of hydrogen-bond acceptors (Lipinski definition) is 1. The van der Waals surface area contributed by atoms with Crippen LogP contribution in [0.15, 0.2) is 0 Å². The van der Waals surface area contributed by atoms with Crippen LogP contribution in [-0.4, -0.2) is 23.5 Å². The third-order valence-electron chi connectivity index (χ3n) is 5.35. The van der Waals surface area contributed by atoms with Gasteiger partial charge in [-0.3, -0.25) is 4.90 Å². The molecule has 0 bridgehead atoms. The van der Waals surface area contributed by atoms with Gasteiger partial charge in [0.25, 0.3) is 0 Å². The molecule has 3 aliphatic rings. The molecule has 0 N–H and O–H groups in total. The van der Waals surface area contributed by atoms with Crippen molar-refractivity contribution in [3.05, 3.63) is 0 Å². The fourth-order valence-corrected chi connectivity index (χ4v) is 4.42. The van der Waals surface area contributed by atoms with E-state index in [1.54, 1.807) is 12.8 Å². The van der Waals surface area contributed by atoms with Gasteiger partial charge in [-0.25, -0.2) is 0 Å². The predicted molar refractivity (Wildman–Crippen MR) is 63.7 cm³/mol. The Hall–Kier alpha value is -0.0400. The van der Waals surface area contributed by atoms with Crippen molar-refractivity contribution in [1.29, 1.82) is 0 Å². The molecule has 0 aromatic carbocycles. The Balaban J connectivity index is 1.77. The van der Waals surface area contributed by atoms with E-state index in [0.717, 1.165) is 35.3 Å². The van der Waals surface area contributed by atoms with Crippen LogP contribution in [0.5, 0.6) is 0 Å². The van der Waals surface area contributed by atoms with E-state index in [-0.39, 0.29) is 0 Å². The van der Waals surface area contributed by atoms with E-state index in [0.29, 0.717) is 0 Å². The largest absolute Gasteiger partial charge is 0.297 e. The molecule has 3 rings (SSSR count). The fourth-order valence-electron chi connectivity index (χ4n) is 4.42. The molecule has 1 heteroatoms. The minimum atomic E-state index is 0.745. The van der Waals surface area contributed by atoms with Gasteiger partial charge in [0.1, 0.15) is 0 Å². The molecule has 0 aromatic heterocycles. The lowest BCUT2D eigenvalue weighted by molar-refractivity contribution is 0.108. The van der Waals surface area contributed by atoms with Gasteiger partial charge in [0, 0.05) is 18.6 Å². The first kappa shape index (κ1) is 10.1. The molecular formula is C14H25N. The van der Waals surface area contributed by atoms with Gasteiger partial charge in [-0.1, -0.05) is 13.8 Å². The van der Waals surface area contributed by atoms with Crippen molar-refractivity contribution < 1.29 is 0 Å². The van der Waals surface area contributed by atoms with Crippen LogP contribution in [0.4, 0.5) is 0 Å². The number of hydrogen-bond donors (Lipinski definition) is 0. The number of rotatable bonds is 2. The summed E-state index contributed by atoms with van der Waals surface area (Å²) in [6.07, 6.45) is 4.63. The summed E-state index contributed by atoms with van der Waals surface area (Å²) in [6, 6.07) is 1.61.